The molecule has 1 fully saturated rings. The average molecular weight is 350 g/mol. The molecule has 1 heterocycles. The molecule has 0 aromatic heterocycles. The highest BCUT2D eigenvalue weighted by atomic mass is 19.1. The van der Waals surface area contributed by atoms with Crippen LogP contribution in [0.4, 0.5) is 4.39 Å². The highest BCUT2D eigenvalue weighted by molar-refractivity contribution is 5.76. The van der Waals surface area contributed by atoms with Crippen LogP contribution < -0.4 is 0 Å². The Morgan fingerprint density at radius 3 is 3.00 bits per heavy atom. The average Bonchev–Trinajstić information content (AvgIpc) is 2.63. The second kappa shape index (κ2) is 10.5. The van der Waals surface area contributed by atoms with Gasteiger partial charge in [0.25, 0.3) is 0 Å². The second-order valence-electron chi connectivity index (χ2n) is 6.86. The van der Waals surface area contributed by atoms with Crippen molar-refractivity contribution in [1.82, 2.24) is 9.80 Å². The normalized spacial score (nSPS) is 18.3. The monoisotopic (exact) mass is 350 g/mol. The summed E-state index contributed by atoms with van der Waals surface area (Å²) in [5.41, 5.74) is 1.05. The third-order valence-corrected chi connectivity index (χ3v) is 4.94. The van der Waals surface area contributed by atoms with Gasteiger partial charge in [-0.1, -0.05) is 12.1 Å². The summed E-state index contributed by atoms with van der Waals surface area (Å²) >= 11 is 0. The molecule has 1 amide bonds. The van der Waals surface area contributed by atoms with E-state index in [1.165, 1.54) is 12.5 Å². The standard InChI is InChI=1S/C20H31FN2O2/c1-3-23(20(24)10-13-25-2)16-18-7-5-11-22(15-18)12-9-17-6-4-8-19(21)14-17/h4,6,8,14,18H,3,5,7,9-13,15-16H2,1-2H3/t18-/m1/s1. The van der Waals surface area contributed by atoms with Gasteiger partial charge in [0, 0.05) is 33.3 Å². The van der Waals surface area contributed by atoms with Crippen LogP contribution in [0, 0.1) is 11.7 Å². The number of carbonyl (C=O) groups excluding carboxylic acids is 1. The summed E-state index contributed by atoms with van der Waals surface area (Å²) in [6.07, 6.45) is 3.66. The summed E-state index contributed by atoms with van der Waals surface area (Å²) in [6.45, 7) is 7.16. The maximum absolute atomic E-state index is 13.3. The highest BCUT2D eigenvalue weighted by Gasteiger charge is 2.23. The highest BCUT2D eigenvalue weighted by Crippen LogP contribution is 2.19. The summed E-state index contributed by atoms with van der Waals surface area (Å²) in [7, 11) is 1.63. The van der Waals surface area contributed by atoms with E-state index in [1.54, 1.807) is 19.2 Å². The summed E-state index contributed by atoms with van der Waals surface area (Å²) in [5.74, 6) is 0.538. The number of amides is 1. The second-order valence-corrected chi connectivity index (χ2v) is 6.86. The van der Waals surface area contributed by atoms with Gasteiger partial charge in [0.15, 0.2) is 0 Å². The van der Waals surface area contributed by atoms with Gasteiger partial charge in [-0.2, -0.15) is 0 Å². The molecular weight excluding hydrogens is 319 g/mol. The van der Waals surface area contributed by atoms with Gasteiger partial charge >= 0.3 is 0 Å². The van der Waals surface area contributed by atoms with Gasteiger partial charge in [-0.05, 0) is 56.3 Å². The van der Waals surface area contributed by atoms with Crippen molar-refractivity contribution in [3.05, 3.63) is 35.6 Å². The molecule has 2 rings (SSSR count). The van der Waals surface area contributed by atoms with Crippen molar-refractivity contribution in [3.63, 3.8) is 0 Å². The smallest absolute Gasteiger partial charge is 0.224 e. The minimum Gasteiger partial charge on any atom is -0.384 e. The molecule has 4 nitrogen and oxygen atoms in total. The number of methoxy groups -OCH3 is 1. The molecule has 1 aliphatic heterocycles. The van der Waals surface area contributed by atoms with Crippen LogP contribution in [0.3, 0.4) is 0 Å². The minimum atomic E-state index is -0.165. The third-order valence-electron chi connectivity index (χ3n) is 4.94. The lowest BCUT2D eigenvalue weighted by Crippen LogP contribution is -2.43. The van der Waals surface area contributed by atoms with Gasteiger partial charge < -0.3 is 14.5 Å². The van der Waals surface area contributed by atoms with E-state index in [0.29, 0.717) is 18.9 Å². The number of halogens is 1. The van der Waals surface area contributed by atoms with Crippen molar-refractivity contribution in [2.24, 2.45) is 5.92 Å². The summed E-state index contributed by atoms with van der Waals surface area (Å²) in [4.78, 5) is 16.6. The van der Waals surface area contributed by atoms with Crippen molar-refractivity contribution in [2.75, 3.05) is 46.4 Å². The Labute approximate surface area is 150 Å². The van der Waals surface area contributed by atoms with Crippen LogP contribution in [0.1, 0.15) is 31.7 Å². The van der Waals surface area contributed by atoms with Crippen molar-refractivity contribution >= 4 is 5.91 Å². The molecule has 1 aliphatic rings. The van der Waals surface area contributed by atoms with Gasteiger partial charge in [-0.25, -0.2) is 4.39 Å². The third kappa shape index (κ3) is 6.75. The number of hydrogen-bond donors (Lipinski definition) is 0. The van der Waals surface area contributed by atoms with Gasteiger partial charge in [-0.3, -0.25) is 4.79 Å². The molecule has 0 radical (unpaired) electrons. The Hall–Kier alpha value is -1.46. The molecule has 25 heavy (non-hydrogen) atoms. The zero-order valence-corrected chi connectivity index (χ0v) is 15.5. The Morgan fingerprint density at radius 1 is 1.44 bits per heavy atom. The number of ether oxygens (including phenoxy) is 1. The van der Waals surface area contributed by atoms with Crippen LogP contribution >= 0.6 is 0 Å². The predicted molar refractivity (Wildman–Crippen MR) is 98.0 cm³/mol. The first-order chi connectivity index (χ1) is 12.1. The number of carbonyl (C=O) groups is 1. The molecule has 5 heteroatoms. The Kier molecular flexibility index (Phi) is 8.35. The first-order valence-electron chi connectivity index (χ1n) is 9.36. The summed E-state index contributed by atoms with van der Waals surface area (Å²) in [5, 5.41) is 0. The Morgan fingerprint density at radius 2 is 2.28 bits per heavy atom. The van der Waals surface area contributed by atoms with Crippen LogP contribution in [0.15, 0.2) is 24.3 Å². The van der Waals surface area contributed by atoms with Crippen LogP contribution in [0.2, 0.25) is 0 Å². The van der Waals surface area contributed by atoms with E-state index in [-0.39, 0.29) is 11.7 Å². The zero-order valence-electron chi connectivity index (χ0n) is 15.5. The number of piperidine rings is 1. The molecular formula is C20H31FN2O2. The SMILES string of the molecule is CCN(C[C@@H]1CCCN(CCc2cccc(F)c2)C1)C(=O)CCOC. The molecule has 0 spiro atoms. The fourth-order valence-electron chi connectivity index (χ4n) is 3.55. The zero-order chi connectivity index (χ0) is 18.1. The summed E-state index contributed by atoms with van der Waals surface area (Å²) < 4.78 is 18.3. The van der Waals surface area contributed by atoms with Crippen LogP contribution in [-0.4, -0.2) is 62.1 Å². The van der Waals surface area contributed by atoms with E-state index in [9.17, 15) is 9.18 Å². The molecule has 1 aromatic carbocycles. The van der Waals surface area contributed by atoms with Crippen molar-refractivity contribution in [1.29, 1.82) is 0 Å². The molecule has 1 saturated heterocycles. The Balaban J connectivity index is 1.80. The van der Waals surface area contributed by atoms with E-state index in [2.05, 4.69) is 4.90 Å². The lowest BCUT2D eigenvalue weighted by molar-refractivity contribution is -0.132. The number of benzene rings is 1. The van der Waals surface area contributed by atoms with Crippen molar-refractivity contribution < 1.29 is 13.9 Å². The van der Waals surface area contributed by atoms with Gasteiger partial charge in [0.1, 0.15) is 5.82 Å². The van der Waals surface area contributed by atoms with E-state index in [1.807, 2.05) is 17.9 Å². The quantitative estimate of drug-likeness (QED) is 0.686. The number of nitrogens with zero attached hydrogens (tertiary/aromatic N) is 2. The molecule has 0 bridgehead atoms. The first-order valence-corrected chi connectivity index (χ1v) is 9.36. The first kappa shape index (κ1) is 19.9. The number of likely N-dealkylation sites (tertiary alicyclic amines) is 1. The predicted octanol–water partition coefficient (Wildman–Crippen LogP) is 2.97. The van der Waals surface area contributed by atoms with E-state index in [0.717, 1.165) is 51.1 Å². The van der Waals surface area contributed by atoms with Gasteiger partial charge in [-0.15, -0.1) is 0 Å². The molecule has 0 saturated carbocycles. The van der Waals surface area contributed by atoms with E-state index >= 15 is 0 Å². The molecule has 0 aliphatic carbocycles. The van der Waals surface area contributed by atoms with Crippen LogP contribution in [-0.2, 0) is 16.0 Å². The van der Waals surface area contributed by atoms with Crippen molar-refractivity contribution in [2.45, 2.75) is 32.6 Å². The van der Waals surface area contributed by atoms with Crippen LogP contribution in [0.5, 0.6) is 0 Å². The molecule has 0 unspecified atom stereocenters. The van der Waals surface area contributed by atoms with Crippen molar-refractivity contribution in [3.8, 4) is 0 Å². The van der Waals surface area contributed by atoms with E-state index in [4.69, 9.17) is 4.74 Å². The van der Waals surface area contributed by atoms with Gasteiger partial charge in [0.05, 0.1) is 13.0 Å². The lowest BCUT2D eigenvalue weighted by atomic mass is 9.96. The fraction of sp³-hybridized carbons (Fsp3) is 0.650. The Bertz CT molecular complexity index is 538. The van der Waals surface area contributed by atoms with Gasteiger partial charge in [0.2, 0.25) is 5.91 Å². The summed E-state index contributed by atoms with van der Waals surface area (Å²) in [6, 6.07) is 6.86. The maximum atomic E-state index is 13.3. The number of hydrogen-bond acceptors (Lipinski definition) is 3. The molecule has 0 N–H and O–H groups in total. The number of rotatable bonds is 9. The topological polar surface area (TPSA) is 32.8 Å². The minimum absolute atomic E-state index is 0.165. The van der Waals surface area contributed by atoms with E-state index < -0.39 is 0 Å². The lowest BCUT2D eigenvalue weighted by Gasteiger charge is -2.35. The molecule has 1 aromatic rings. The molecule has 140 valence electrons. The largest absolute Gasteiger partial charge is 0.384 e. The maximum Gasteiger partial charge on any atom is 0.224 e. The van der Waals surface area contributed by atoms with Crippen LogP contribution in [0.25, 0.3) is 0 Å². The fourth-order valence-corrected chi connectivity index (χ4v) is 3.55. The molecule has 1 atom stereocenters.